The number of esters is 8. The van der Waals surface area contributed by atoms with Gasteiger partial charge in [-0.05, 0) is 377 Å². The number of rotatable bonds is 31. The second-order valence-electron chi connectivity index (χ2n) is 43.2. The van der Waals surface area contributed by atoms with Gasteiger partial charge in [0.1, 0.15) is 41.6 Å². The summed E-state index contributed by atoms with van der Waals surface area (Å²) in [6.07, 6.45) is 35.7. The van der Waals surface area contributed by atoms with Gasteiger partial charge in [0.05, 0.1) is 34.2 Å². The van der Waals surface area contributed by atoms with Gasteiger partial charge in [-0.2, -0.15) is 0 Å². The number of carbonyl (C=O) groups excluding carboxylic acids is 10. The van der Waals surface area contributed by atoms with Crippen LogP contribution >= 0.6 is 0 Å². The van der Waals surface area contributed by atoms with Gasteiger partial charge >= 0.3 is 47.8 Å². The van der Waals surface area contributed by atoms with Gasteiger partial charge in [-0.3, -0.25) is 38.4 Å². The predicted octanol–water partition coefficient (Wildman–Crippen LogP) is 20.0. The summed E-state index contributed by atoms with van der Waals surface area (Å²) in [5.41, 5.74) is -4.50. The highest BCUT2D eigenvalue weighted by molar-refractivity contribution is 5.88. The molecule has 0 amide bonds. The van der Waals surface area contributed by atoms with Gasteiger partial charge in [0, 0.05) is 30.6 Å². The number of unbranched alkanes of at least 4 members (excludes halogenated alkanes) is 1. The topological polar surface area (TPSA) is 245 Å². The van der Waals surface area contributed by atoms with E-state index >= 15 is 0 Å². The van der Waals surface area contributed by atoms with Crippen molar-refractivity contribution in [3.8, 4) is 0 Å². The summed E-state index contributed by atoms with van der Waals surface area (Å²) in [6.45, 7) is 36.8. The van der Waals surface area contributed by atoms with E-state index < -0.39 is 44.7 Å². The fraction of sp³-hybridized carbons (Fsp3) is 0.895. The molecule has 17 aliphatic rings. The number of hydrogen-bond donors (Lipinski definition) is 0. The summed E-state index contributed by atoms with van der Waals surface area (Å²) < 4.78 is 44.8. The molecule has 0 aromatic carbocycles. The van der Waals surface area contributed by atoms with Crippen LogP contribution < -0.4 is 0 Å². The van der Waals surface area contributed by atoms with Crippen molar-refractivity contribution in [1.29, 1.82) is 0 Å². The molecule has 0 heterocycles. The van der Waals surface area contributed by atoms with Crippen molar-refractivity contribution in [3.05, 3.63) is 0 Å². The first-order valence-corrected chi connectivity index (χ1v) is 45.5. The average molecular weight is 1580 g/mol. The van der Waals surface area contributed by atoms with Gasteiger partial charge in [0.25, 0.3) is 0 Å². The van der Waals surface area contributed by atoms with Crippen LogP contribution in [0.15, 0.2) is 0 Å². The lowest BCUT2D eigenvalue weighted by molar-refractivity contribution is -0.221. The Labute approximate surface area is 680 Å². The third-order valence-corrected chi connectivity index (χ3v) is 33.1. The smallest absolute Gasteiger partial charge is 0.350 e. The third kappa shape index (κ3) is 20.5. The third-order valence-electron chi connectivity index (χ3n) is 33.1. The number of ketones is 2. The molecule has 17 rings (SSSR count). The van der Waals surface area contributed by atoms with Crippen molar-refractivity contribution in [2.45, 2.75) is 379 Å². The van der Waals surface area contributed by atoms with Crippen molar-refractivity contribution >= 4 is 59.3 Å². The molecule has 0 aromatic rings. The fourth-order valence-electron chi connectivity index (χ4n) is 24.3. The van der Waals surface area contributed by atoms with Crippen molar-refractivity contribution in [1.82, 2.24) is 0 Å². The van der Waals surface area contributed by atoms with Gasteiger partial charge in [-0.1, -0.05) is 54.4 Å². The maximum atomic E-state index is 13.5. The molecule has 17 aliphatic carbocycles. The molecule has 2 unspecified atom stereocenters. The lowest BCUT2D eigenvalue weighted by Gasteiger charge is -2.62. The summed E-state index contributed by atoms with van der Waals surface area (Å²) in [4.78, 5) is 126. The van der Waals surface area contributed by atoms with Crippen LogP contribution in [0.4, 0.5) is 0 Å². The first-order valence-electron chi connectivity index (χ1n) is 45.5. The Morgan fingerprint density at radius 1 is 0.336 bits per heavy atom. The van der Waals surface area contributed by atoms with Crippen molar-refractivity contribution in [2.24, 2.45) is 133 Å². The molecule has 640 valence electrons. The summed E-state index contributed by atoms with van der Waals surface area (Å²) >= 11 is 0. The van der Waals surface area contributed by atoms with Crippen molar-refractivity contribution in [3.63, 3.8) is 0 Å². The minimum Gasteiger partial charge on any atom is -0.465 e. The van der Waals surface area contributed by atoms with E-state index in [0.717, 1.165) is 85.4 Å². The largest absolute Gasteiger partial charge is 0.465 e. The molecular formula is C95H152O18. The van der Waals surface area contributed by atoms with Crippen LogP contribution in [0.25, 0.3) is 0 Å². The second kappa shape index (κ2) is 36.0. The Bertz CT molecular complexity index is 3260. The highest BCUT2D eigenvalue weighted by Gasteiger charge is 2.62. The van der Waals surface area contributed by atoms with Crippen LogP contribution in [0, 0.1) is 133 Å². The van der Waals surface area contributed by atoms with Crippen LogP contribution in [0.5, 0.6) is 0 Å². The average Bonchev–Trinajstić information content (AvgIpc) is 0.723. The summed E-state index contributed by atoms with van der Waals surface area (Å²) in [5.74, 6) is 7.95. The first kappa shape index (κ1) is 90.4. The van der Waals surface area contributed by atoms with E-state index in [1.165, 1.54) is 135 Å². The maximum Gasteiger partial charge on any atom is 0.350 e. The minimum absolute atomic E-state index is 0.0173. The van der Waals surface area contributed by atoms with E-state index in [9.17, 15) is 47.9 Å². The quantitative estimate of drug-likeness (QED) is 0.0356. The molecule has 18 nitrogen and oxygen atoms in total. The zero-order valence-electron chi connectivity index (χ0n) is 73.7. The molecule has 0 aliphatic heterocycles. The molecule has 16 bridgehead atoms. The van der Waals surface area contributed by atoms with E-state index in [1.807, 2.05) is 83.1 Å². The fourth-order valence-corrected chi connectivity index (χ4v) is 24.3. The monoisotopic (exact) mass is 1580 g/mol. The molecular weight excluding hydrogens is 1430 g/mol. The van der Waals surface area contributed by atoms with Crippen LogP contribution in [0.1, 0.15) is 356 Å². The SMILES string of the molecule is CCC(C)(C)C(=O)OC(C)(C)C(=O)OC1(C)C2CC3CC(C2)CC1C3.CCC(C)(C)C(=O)OCC(=O)OC1(C)C2CC3CC(C2)CC1C3.CCC(C)(C)C(=O)OCCCC(=O)OC1(C)C2CC3CC(C2)CC1C3.CCC(C)(C)C(=O)OCCOC(=O)C1CCCCC1C(=O)CCCCC(=O)C(C)(C)C12CC3CC(CC(C3)C1)C2. The zero-order valence-corrected chi connectivity index (χ0v) is 73.7. The number of Topliss-reactive ketones (excluding diaryl/α,β-unsaturated/α-hetero) is 2. The molecule has 17 saturated carbocycles. The maximum absolute atomic E-state index is 13.5. The van der Waals surface area contributed by atoms with Gasteiger partial charge < -0.3 is 37.9 Å². The number of carbonyl (C=O) groups is 10. The molecule has 17 fully saturated rings. The Hall–Kier alpha value is -4.90. The molecule has 18 heteroatoms. The summed E-state index contributed by atoms with van der Waals surface area (Å²) in [5, 5.41) is 0. The minimum atomic E-state index is -1.25. The number of ether oxygens (including phenoxy) is 8. The molecule has 0 spiro atoms. The molecule has 0 aromatic heterocycles. The van der Waals surface area contributed by atoms with E-state index in [-0.39, 0.29) is 95.3 Å². The van der Waals surface area contributed by atoms with Crippen LogP contribution in [0.3, 0.4) is 0 Å². The first-order chi connectivity index (χ1) is 52.8. The molecule has 0 radical (unpaired) electrons. The Kier molecular flexibility index (Phi) is 28.8. The van der Waals surface area contributed by atoms with Gasteiger partial charge in [-0.15, -0.1) is 0 Å². The highest BCUT2D eigenvalue weighted by Crippen LogP contribution is 2.67. The van der Waals surface area contributed by atoms with E-state index in [0.29, 0.717) is 106 Å². The van der Waals surface area contributed by atoms with Gasteiger partial charge in [0.2, 0.25) is 5.60 Å². The highest BCUT2D eigenvalue weighted by atomic mass is 16.6. The van der Waals surface area contributed by atoms with Crippen molar-refractivity contribution < 1.29 is 85.8 Å². The summed E-state index contributed by atoms with van der Waals surface area (Å²) in [7, 11) is 0. The van der Waals surface area contributed by atoms with Crippen LogP contribution in [-0.2, 0) is 85.8 Å². The molecule has 2 atom stereocenters. The molecule has 0 N–H and O–H groups in total. The van der Waals surface area contributed by atoms with Crippen LogP contribution in [-0.4, -0.2) is 108 Å². The molecule has 113 heavy (non-hydrogen) atoms. The lowest BCUT2D eigenvalue weighted by atomic mass is 9.42. The zero-order chi connectivity index (χ0) is 82.8. The van der Waals surface area contributed by atoms with E-state index in [2.05, 4.69) is 34.6 Å². The normalized spacial score (nSPS) is 35.2. The van der Waals surface area contributed by atoms with Gasteiger partial charge in [0.15, 0.2) is 6.61 Å². The Morgan fingerprint density at radius 2 is 0.673 bits per heavy atom. The van der Waals surface area contributed by atoms with Crippen LogP contribution in [0.2, 0.25) is 0 Å². The summed E-state index contributed by atoms with van der Waals surface area (Å²) in [6, 6.07) is 0. The standard InChI is InChI=1S/C34H54O6.2C21H34O4.C19H30O4/c1-6-32(2,3)31(38)40-16-15-39-30(37)27-12-8-7-11-26(27)28(35)13-9-10-14-29(36)33(4,5)34-20-23-17-24(21-34)19-25(18-23)22-34;1-7-19(2,3)17(22)24-20(4,5)18(23)25-21(6)15-9-13-8-14(11-15)12-16(21)10-13;1-5-20(2,3)19(23)24-8-6-7-18(22)25-21(4)16-10-14-9-15(12-16)13-17(21)11-14;1-5-18(2,3)17(21)22-11-16(20)23-19(4)14-7-12-6-13(9-14)10-15(19)8-12/h23-27H,6-22H2,1-5H3;13-16H,7-12H2,1-6H3;14-17H,5-13H2,1-4H3;12-15H,5-11H2,1-4H3. The number of hydrogen-bond acceptors (Lipinski definition) is 18. The Morgan fingerprint density at radius 3 is 1.08 bits per heavy atom. The van der Waals surface area contributed by atoms with E-state index in [4.69, 9.17) is 37.9 Å². The lowest BCUT2D eigenvalue weighted by Crippen LogP contribution is -2.59. The second-order valence-corrected chi connectivity index (χ2v) is 43.2. The Balaban J connectivity index is 0.000000164. The van der Waals surface area contributed by atoms with Gasteiger partial charge in [-0.25, -0.2) is 9.59 Å². The van der Waals surface area contributed by atoms with Crippen molar-refractivity contribution in [2.75, 3.05) is 26.4 Å². The predicted molar refractivity (Wildman–Crippen MR) is 432 cm³/mol. The molecule has 0 saturated heterocycles. The van der Waals surface area contributed by atoms with E-state index in [1.54, 1.807) is 13.8 Å².